The van der Waals surface area contributed by atoms with Gasteiger partial charge >= 0.3 is 11.9 Å². The summed E-state index contributed by atoms with van der Waals surface area (Å²) in [5.41, 5.74) is 0.554. The lowest BCUT2D eigenvalue weighted by molar-refractivity contribution is -0.235. The summed E-state index contributed by atoms with van der Waals surface area (Å²) in [5.74, 6) is 0.110. The highest BCUT2D eigenvalue weighted by Crippen LogP contribution is 2.77. The van der Waals surface area contributed by atoms with E-state index in [1.165, 1.54) is 5.57 Å². The van der Waals surface area contributed by atoms with Gasteiger partial charge in [-0.2, -0.15) is 0 Å². The second kappa shape index (κ2) is 13.6. The van der Waals surface area contributed by atoms with Gasteiger partial charge < -0.3 is 24.8 Å². The van der Waals surface area contributed by atoms with Gasteiger partial charge in [0.1, 0.15) is 6.10 Å². The molecule has 0 spiro atoms. The Morgan fingerprint density at radius 2 is 1.75 bits per heavy atom. The van der Waals surface area contributed by atoms with Gasteiger partial charge in [0.05, 0.1) is 24.3 Å². The van der Waals surface area contributed by atoms with Crippen molar-refractivity contribution in [2.24, 2.45) is 56.2 Å². The molecule has 0 aliphatic heterocycles. The van der Waals surface area contributed by atoms with Crippen LogP contribution in [0.5, 0.6) is 0 Å². The maximum atomic E-state index is 14.0. The molecule has 4 saturated carbocycles. The van der Waals surface area contributed by atoms with Gasteiger partial charge in [-0.3, -0.25) is 14.4 Å². The number of fused-ring (bicyclic) bond motifs is 7. The molecule has 9 nitrogen and oxygen atoms in total. The van der Waals surface area contributed by atoms with Crippen LogP contribution in [0, 0.1) is 56.2 Å². The van der Waals surface area contributed by atoms with E-state index in [4.69, 9.17) is 4.74 Å². The molecule has 4 fully saturated rings. The minimum atomic E-state index is -1.16. The third-order valence-corrected chi connectivity index (χ3v) is 16.2. The number of imidazole rings is 1. The highest BCUT2D eigenvalue weighted by atomic mass is 16.5. The molecule has 0 unspecified atom stereocenters. The van der Waals surface area contributed by atoms with Crippen LogP contribution in [-0.4, -0.2) is 62.8 Å². The predicted octanol–water partition coefficient (Wildman–Crippen LogP) is 7.62. The Morgan fingerprint density at radius 3 is 2.40 bits per heavy atom. The van der Waals surface area contributed by atoms with Crippen molar-refractivity contribution in [3.8, 4) is 0 Å². The Labute approximate surface area is 312 Å². The van der Waals surface area contributed by atoms with E-state index in [2.05, 4.69) is 63.3 Å². The Balaban J connectivity index is 1.23. The number of carbonyl (C=O) groups is 3. The lowest BCUT2D eigenvalue weighted by Crippen LogP contribution is -2.66. The number of carbonyl (C=O) groups excluding carboxylic acids is 2. The van der Waals surface area contributed by atoms with Crippen LogP contribution in [0.3, 0.4) is 0 Å². The van der Waals surface area contributed by atoms with Gasteiger partial charge in [-0.25, -0.2) is 4.98 Å². The molecule has 9 heteroatoms. The van der Waals surface area contributed by atoms with Crippen LogP contribution in [-0.2, 0) is 25.7 Å². The van der Waals surface area contributed by atoms with Crippen molar-refractivity contribution in [1.29, 1.82) is 0 Å². The van der Waals surface area contributed by atoms with Gasteiger partial charge in [-0.15, -0.1) is 0 Å². The third kappa shape index (κ3) is 6.12. The number of ketones is 1. The molecule has 5 aliphatic carbocycles. The van der Waals surface area contributed by atoms with Gasteiger partial charge in [0.15, 0.2) is 5.78 Å². The molecule has 6 rings (SSSR count). The molecule has 0 aromatic carbocycles. The van der Waals surface area contributed by atoms with Crippen molar-refractivity contribution in [2.75, 3.05) is 13.1 Å². The second-order valence-corrected chi connectivity index (χ2v) is 19.9. The zero-order chi connectivity index (χ0) is 38.1. The lowest BCUT2D eigenvalue weighted by Gasteiger charge is -2.72. The summed E-state index contributed by atoms with van der Waals surface area (Å²) in [6.07, 6.45) is 13.9. The lowest BCUT2D eigenvalue weighted by atomic mass is 9.33. The topological polar surface area (TPSA) is 131 Å². The zero-order valence-corrected chi connectivity index (χ0v) is 33.5. The SMILES string of the molecule is CC(C)C1=C2[C@H]3CC[C@@H]4[C@@]5(C)CC[C@H](OC(=O)CC(C)(C)C(=O)O)C(C)(C)[C@@H]5CC[C@@]4(C)[C@]3(C)CC[C@@]2([C@H](O)CNCCCn2ccnc2)CC1=O. The van der Waals surface area contributed by atoms with E-state index in [1.807, 2.05) is 12.5 Å². The van der Waals surface area contributed by atoms with Crippen molar-refractivity contribution >= 4 is 17.7 Å². The summed E-state index contributed by atoms with van der Waals surface area (Å²) in [6, 6.07) is 0. The Kier molecular flexibility index (Phi) is 10.3. The number of carboxylic acid groups (broad SMARTS) is 1. The molecule has 1 aromatic rings. The molecule has 0 saturated heterocycles. The van der Waals surface area contributed by atoms with Crippen LogP contribution in [0.25, 0.3) is 0 Å². The quantitative estimate of drug-likeness (QED) is 0.149. The number of ether oxygens (including phenoxy) is 1. The summed E-state index contributed by atoms with van der Waals surface area (Å²) < 4.78 is 8.24. The molecule has 0 bridgehead atoms. The van der Waals surface area contributed by atoms with Gasteiger partial charge in [-0.05, 0) is 124 Å². The largest absolute Gasteiger partial charge is 0.481 e. The summed E-state index contributed by atoms with van der Waals surface area (Å²) in [6.45, 7) is 21.8. The number of aliphatic carboxylic acids is 1. The Bertz CT molecular complexity index is 1560. The monoisotopic (exact) mass is 722 g/mol. The first-order valence-corrected chi connectivity index (χ1v) is 20.3. The van der Waals surface area contributed by atoms with E-state index in [9.17, 15) is 24.6 Å². The number of hydrogen-bond acceptors (Lipinski definition) is 7. The van der Waals surface area contributed by atoms with E-state index in [-0.39, 0.29) is 51.8 Å². The average molecular weight is 722 g/mol. The van der Waals surface area contributed by atoms with Gasteiger partial charge in [-0.1, -0.05) is 54.0 Å². The number of carboxylic acids is 1. The average Bonchev–Trinajstić information content (AvgIpc) is 3.68. The number of aliphatic hydroxyl groups excluding tert-OH is 1. The molecule has 0 amide bonds. The zero-order valence-electron chi connectivity index (χ0n) is 33.5. The van der Waals surface area contributed by atoms with Crippen LogP contribution in [0.2, 0.25) is 0 Å². The molecular weight excluding hydrogens is 654 g/mol. The van der Waals surface area contributed by atoms with E-state index in [0.717, 1.165) is 76.5 Å². The fourth-order valence-corrected chi connectivity index (χ4v) is 13.2. The summed E-state index contributed by atoms with van der Waals surface area (Å²) in [5, 5.41) is 25.3. The molecule has 1 heterocycles. The van der Waals surface area contributed by atoms with Crippen LogP contribution < -0.4 is 5.32 Å². The summed E-state index contributed by atoms with van der Waals surface area (Å²) in [7, 11) is 0. The smallest absolute Gasteiger partial charge is 0.309 e. The number of aryl methyl sites for hydroxylation is 1. The van der Waals surface area contributed by atoms with E-state index < -0.39 is 28.9 Å². The minimum Gasteiger partial charge on any atom is -0.481 e. The van der Waals surface area contributed by atoms with Crippen molar-refractivity contribution in [2.45, 2.75) is 152 Å². The molecule has 52 heavy (non-hydrogen) atoms. The van der Waals surface area contributed by atoms with Crippen LogP contribution in [0.15, 0.2) is 29.9 Å². The van der Waals surface area contributed by atoms with Gasteiger partial charge in [0, 0.05) is 42.7 Å². The van der Waals surface area contributed by atoms with Crippen molar-refractivity contribution < 1.29 is 29.3 Å². The number of Topliss-reactive ketones (excluding diaryl/α,β-unsaturated/α-hetero) is 1. The highest BCUT2D eigenvalue weighted by Gasteiger charge is 2.70. The first-order valence-electron chi connectivity index (χ1n) is 20.3. The van der Waals surface area contributed by atoms with Crippen LogP contribution >= 0.6 is 0 Å². The number of aromatic nitrogens is 2. The molecule has 0 radical (unpaired) electrons. The number of aliphatic hydroxyl groups is 1. The number of esters is 1. The fourth-order valence-electron chi connectivity index (χ4n) is 13.2. The van der Waals surface area contributed by atoms with Gasteiger partial charge in [0.25, 0.3) is 0 Å². The van der Waals surface area contributed by atoms with E-state index in [1.54, 1.807) is 20.0 Å². The second-order valence-electron chi connectivity index (χ2n) is 19.9. The van der Waals surface area contributed by atoms with Crippen molar-refractivity contribution in [1.82, 2.24) is 14.9 Å². The molecule has 5 aliphatic rings. The van der Waals surface area contributed by atoms with Crippen molar-refractivity contribution in [3.05, 3.63) is 29.9 Å². The van der Waals surface area contributed by atoms with E-state index in [0.29, 0.717) is 24.8 Å². The molecule has 290 valence electrons. The summed E-state index contributed by atoms with van der Waals surface area (Å²) >= 11 is 0. The maximum absolute atomic E-state index is 14.0. The van der Waals surface area contributed by atoms with Gasteiger partial charge in [0.2, 0.25) is 0 Å². The Hall–Kier alpha value is -2.52. The fraction of sp³-hybridized carbons (Fsp3) is 0.814. The Morgan fingerprint density at radius 1 is 1.02 bits per heavy atom. The highest BCUT2D eigenvalue weighted by molar-refractivity contribution is 6.00. The first kappa shape index (κ1) is 39.2. The maximum Gasteiger partial charge on any atom is 0.309 e. The molecule has 3 N–H and O–H groups in total. The first-order chi connectivity index (χ1) is 24.2. The van der Waals surface area contributed by atoms with Crippen molar-refractivity contribution in [3.63, 3.8) is 0 Å². The molecule has 9 atom stereocenters. The third-order valence-electron chi connectivity index (χ3n) is 16.2. The van der Waals surface area contributed by atoms with Crippen LogP contribution in [0.4, 0.5) is 0 Å². The number of nitrogens with one attached hydrogen (secondary N) is 1. The number of nitrogens with zero attached hydrogens (tertiary/aromatic N) is 2. The minimum absolute atomic E-state index is 0.00130. The van der Waals surface area contributed by atoms with E-state index >= 15 is 0 Å². The number of hydrogen-bond donors (Lipinski definition) is 3. The summed E-state index contributed by atoms with van der Waals surface area (Å²) in [4.78, 5) is 43.0. The predicted molar refractivity (Wildman–Crippen MR) is 201 cm³/mol. The standard InChI is InChI=1S/C43H67N3O6/c1-27(2)35-29(47)23-43(32(48)25-44-19-10-21-46-22-20-45-26-46)18-17-41(8)28(36(35)43)11-12-31-40(7)15-14-33(52-34(49)24-38(3,4)37(50)51)39(5,6)30(40)13-16-42(31,41)9/h20,22,26-28,30-33,44,48H,10-19,21,23-25H2,1-9H3,(H,50,51)/t28-,30+,31-,32-,33+,40+,41-,42-,43+/m1/s1. The number of allylic oxidation sites excluding steroid dienone is 1. The molecule has 1 aromatic heterocycles. The normalized spacial score (nSPS) is 37.6. The van der Waals surface area contributed by atoms with Crippen LogP contribution in [0.1, 0.15) is 133 Å². The molecular formula is C43H67N3O6. The number of rotatable bonds is 12.